The minimum atomic E-state index is -1.09. The molecule has 0 aliphatic carbocycles. The van der Waals surface area contributed by atoms with Crippen LogP contribution in [0.5, 0.6) is 0 Å². The second-order valence-corrected chi connectivity index (χ2v) is 6.09. The van der Waals surface area contributed by atoms with Gasteiger partial charge in [0.2, 0.25) is 0 Å². The van der Waals surface area contributed by atoms with E-state index < -0.39 is 5.79 Å². The molecule has 2 nitrogen and oxygen atoms in total. The van der Waals surface area contributed by atoms with Crippen molar-refractivity contribution < 1.29 is 9.47 Å². The summed E-state index contributed by atoms with van der Waals surface area (Å²) in [7, 11) is 0. The fraction of sp³-hybridized carbons (Fsp3) is 0.120. The highest BCUT2D eigenvalue weighted by Gasteiger charge is 2.38. The largest absolute Gasteiger partial charge is 0.334 e. The van der Waals surface area contributed by atoms with Gasteiger partial charge in [-0.2, -0.15) is 0 Å². The molecule has 3 aromatic carbocycles. The summed E-state index contributed by atoms with van der Waals surface area (Å²) in [5, 5.41) is 0. The van der Waals surface area contributed by atoms with E-state index in [4.69, 9.17) is 9.47 Å². The Kier molecular flexibility index (Phi) is 5.04. The lowest BCUT2D eigenvalue weighted by atomic mass is 9.99. The van der Waals surface area contributed by atoms with E-state index in [1.165, 1.54) is 0 Å². The average molecular weight is 350 g/mol. The van der Waals surface area contributed by atoms with E-state index in [1.54, 1.807) is 0 Å². The van der Waals surface area contributed by atoms with Crippen LogP contribution in [0.25, 0.3) is 0 Å². The van der Waals surface area contributed by atoms with Gasteiger partial charge in [-0.15, -0.1) is 0 Å². The lowest BCUT2D eigenvalue weighted by Gasteiger charge is -2.22. The molecule has 4 rings (SSSR count). The molecule has 0 aromatic heterocycles. The van der Waals surface area contributed by atoms with Gasteiger partial charge in [-0.3, -0.25) is 0 Å². The van der Waals surface area contributed by atoms with Gasteiger partial charge in [-0.25, -0.2) is 0 Å². The van der Waals surface area contributed by atoms with Gasteiger partial charge >= 0.3 is 0 Å². The molecule has 27 heavy (non-hydrogen) atoms. The molecule has 0 amide bonds. The van der Waals surface area contributed by atoms with Gasteiger partial charge in [-0.05, 0) is 36.3 Å². The third kappa shape index (κ3) is 3.94. The van der Waals surface area contributed by atoms with Crippen LogP contribution < -0.4 is 0 Å². The molecule has 0 N–H and O–H groups in total. The van der Waals surface area contributed by atoms with Gasteiger partial charge in [0.25, 0.3) is 5.79 Å². The van der Waals surface area contributed by atoms with Crippen molar-refractivity contribution in [3.63, 3.8) is 0 Å². The van der Waals surface area contributed by atoms with Crippen molar-refractivity contribution in [3.8, 4) is 23.7 Å². The summed E-state index contributed by atoms with van der Waals surface area (Å²) >= 11 is 0. The number of benzene rings is 3. The van der Waals surface area contributed by atoms with E-state index in [9.17, 15) is 0 Å². The first-order chi connectivity index (χ1) is 13.4. The average Bonchev–Trinajstić information content (AvgIpc) is 3.23. The Morgan fingerprint density at radius 1 is 0.593 bits per heavy atom. The van der Waals surface area contributed by atoms with Crippen LogP contribution in [0.4, 0.5) is 0 Å². The van der Waals surface area contributed by atoms with Crippen molar-refractivity contribution >= 4 is 0 Å². The molecule has 1 fully saturated rings. The molecule has 3 aromatic rings. The van der Waals surface area contributed by atoms with Gasteiger partial charge < -0.3 is 9.47 Å². The number of rotatable bonds is 1. The van der Waals surface area contributed by atoms with Crippen molar-refractivity contribution in [1.29, 1.82) is 0 Å². The molecule has 1 aliphatic rings. The Balaban J connectivity index is 1.75. The smallest absolute Gasteiger partial charge is 0.263 e. The van der Waals surface area contributed by atoms with E-state index >= 15 is 0 Å². The van der Waals surface area contributed by atoms with Crippen LogP contribution in [-0.4, -0.2) is 13.2 Å². The summed E-state index contributed by atoms with van der Waals surface area (Å²) in [6.07, 6.45) is 0. The zero-order valence-electron chi connectivity index (χ0n) is 14.8. The van der Waals surface area contributed by atoms with E-state index in [0.29, 0.717) is 13.2 Å². The SMILES string of the molecule is C(#Cc1ccccc1C1(C#Cc2ccccc2)OCCO1)c1ccccc1. The lowest BCUT2D eigenvalue weighted by Crippen LogP contribution is -2.26. The van der Waals surface area contributed by atoms with E-state index in [0.717, 1.165) is 22.3 Å². The molecule has 1 heterocycles. The van der Waals surface area contributed by atoms with Crippen molar-refractivity contribution in [2.24, 2.45) is 0 Å². The maximum absolute atomic E-state index is 5.98. The Hall–Kier alpha value is -3.30. The lowest BCUT2D eigenvalue weighted by molar-refractivity contribution is -0.114. The summed E-state index contributed by atoms with van der Waals surface area (Å²) in [5.41, 5.74) is 3.58. The molecule has 130 valence electrons. The van der Waals surface area contributed by atoms with Crippen molar-refractivity contribution in [3.05, 3.63) is 107 Å². The number of hydrogen-bond donors (Lipinski definition) is 0. The molecule has 0 atom stereocenters. The highest BCUT2D eigenvalue weighted by Crippen LogP contribution is 2.33. The van der Waals surface area contributed by atoms with Gasteiger partial charge in [-0.1, -0.05) is 72.4 Å². The summed E-state index contributed by atoms with van der Waals surface area (Å²) < 4.78 is 12.0. The zero-order chi connectivity index (χ0) is 18.4. The number of hydrogen-bond acceptors (Lipinski definition) is 2. The van der Waals surface area contributed by atoms with E-state index in [1.807, 2.05) is 84.9 Å². The third-order valence-electron chi connectivity index (χ3n) is 4.24. The van der Waals surface area contributed by atoms with Crippen LogP contribution in [0, 0.1) is 23.7 Å². The molecular formula is C25H18O2. The first kappa shape index (κ1) is 17.1. The van der Waals surface area contributed by atoms with Gasteiger partial charge in [0, 0.05) is 22.3 Å². The van der Waals surface area contributed by atoms with Gasteiger partial charge in [0.1, 0.15) is 0 Å². The number of ether oxygens (including phenoxy) is 2. The fourth-order valence-corrected chi connectivity index (χ4v) is 2.92. The Morgan fingerprint density at radius 2 is 1.15 bits per heavy atom. The molecule has 1 saturated heterocycles. The maximum Gasteiger partial charge on any atom is 0.263 e. The summed E-state index contributed by atoms with van der Waals surface area (Å²) in [4.78, 5) is 0. The first-order valence-corrected chi connectivity index (χ1v) is 8.88. The minimum absolute atomic E-state index is 0.504. The van der Waals surface area contributed by atoms with Crippen molar-refractivity contribution in [1.82, 2.24) is 0 Å². The predicted molar refractivity (Wildman–Crippen MR) is 106 cm³/mol. The third-order valence-corrected chi connectivity index (χ3v) is 4.24. The molecule has 1 aliphatic heterocycles. The minimum Gasteiger partial charge on any atom is -0.334 e. The van der Waals surface area contributed by atoms with E-state index in [2.05, 4.69) is 23.7 Å². The normalized spacial score (nSPS) is 14.5. The van der Waals surface area contributed by atoms with Crippen LogP contribution in [0.3, 0.4) is 0 Å². The fourth-order valence-electron chi connectivity index (χ4n) is 2.92. The molecule has 0 unspecified atom stereocenters. The van der Waals surface area contributed by atoms with Gasteiger partial charge in [0.05, 0.1) is 13.2 Å². The summed E-state index contributed by atoms with van der Waals surface area (Å²) in [6, 6.07) is 27.6. The standard InChI is InChI=1S/C25H18O2/c1-3-9-21(10-4-1)15-16-23-13-7-8-14-24(23)25(26-19-20-27-25)18-17-22-11-5-2-6-12-22/h1-14H,19-20H2. The summed E-state index contributed by atoms with van der Waals surface area (Å²) in [5.74, 6) is 11.8. The van der Waals surface area contributed by atoms with E-state index in [-0.39, 0.29) is 0 Å². The molecule has 0 bridgehead atoms. The highest BCUT2D eigenvalue weighted by molar-refractivity contribution is 5.50. The van der Waals surface area contributed by atoms with Crippen LogP contribution in [0.1, 0.15) is 22.3 Å². The molecule has 0 spiro atoms. The second kappa shape index (κ2) is 7.94. The van der Waals surface area contributed by atoms with Crippen molar-refractivity contribution in [2.75, 3.05) is 13.2 Å². The highest BCUT2D eigenvalue weighted by atomic mass is 16.7. The monoisotopic (exact) mass is 350 g/mol. The van der Waals surface area contributed by atoms with Crippen LogP contribution in [0.15, 0.2) is 84.9 Å². The molecule has 0 radical (unpaired) electrons. The van der Waals surface area contributed by atoms with Crippen LogP contribution >= 0.6 is 0 Å². The Morgan fingerprint density at radius 3 is 1.81 bits per heavy atom. The second-order valence-electron chi connectivity index (χ2n) is 6.09. The predicted octanol–water partition coefficient (Wildman–Crippen LogP) is 4.34. The van der Waals surface area contributed by atoms with Gasteiger partial charge in [0.15, 0.2) is 0 Å². The molecule has 0 saturated carbocycles. The van der Waals surface area contributed by atoms with Crippen LogP contribution in [0.2, 0.25) is 0 Å². The van der Waals surface area contributed by atoms with Crippen molar-refractivity contribution in [2.45, 2.75) is 5.79 Å². The Bertz CT molecular complexity index is 1030. The first-order valence-electron chi connectivity index (χ1n) is 8.88. The summed E-state index contributed by atoms with van der Waals surface area (Å²) in [6.45, 7) is 1.01. The zero-order valence-corrected chi connectivity index (χ0v) is 14.8. The Labute approximate surface area is 159 Å². The van der Waals surface area contributed by atoms with Crippen LogP contribution in [-0.2, 0) is 15.3 Å². The molecular weight excluding hydrogens is 332 g/mol. The topological polar surface area (TPSA) is 18.5 Å². The maximum atomic E-state index is 5.98. The quantitative estimate of drug-likeness (QED) is 0.608. The molecule has 2 heteroatoms.